The van der Waals surface area contributed by atoms with Gasteiger partial charge in [0, 0.05) is 5.75 Å². The summed E-state index contributed by atoms with van der Waals surface area (Å²) in [6.07, 6.45) is 0. The van der Waals surface area contributed by atoms with Gasteiger partial charge in [-0.15, -0.1) is 0 Å². The number of aromatic carboxylic acids is 1. The SMILES string of the molecule is O=C(O)c1cc(F)c(F)c(S(=O)(=O)CCSC(F)(F)F)c1. The van der Waals surface area contributed by atoms with E-state index in [0.29, 0.717) is 6.07 Å². The lowest BCUT2D eigenvalue weighted by Crippen LogP contribution is -2.15. The molecule has 0 spiro atoms. The summed E-state index contributed by atoms with van der Waals surface area (Å²) in [4.78, 5) is 9.38. The van der Waals surface area contributed by atoms with E-state index in [9.17, 15) is 35.2 Å². The summed E-state index contributed by atoms with van der Waals surface area (Å²) in [6.45, 7) is 0. The Morgan fingerprint density at radius 2 is 1.81 bits per heavy atom. The van der Waals surface area contributed by atoms with Crippen molar-refractivity contribution in [2.24, 2.45) is 0 Å². The highest BCUT2D eigenvalue weighted by molar-refractivity contribution is 8.01. The summed E-state index contributed by atoms with van der Waals surface area (Å²) in [5.74, 6) is -7.27. The molecule has 4 nitrogen and oxygen atoms in total. The number of carboxylic acid groups (broad SMARTS) is 1. The molecule has 0 saturated carbocycles. The molecule has 1 aromatic carbocycles. The number of rotatable bonds is 5. The molecule has 0 aliphatic rings. The van der Waals surface area contributed by atoms with Gasteiger partial charge in [0.1, 0.15) is 4.90 Å². The molecule has 0 amide bonds. The predicted molar refractivity (Wildman–Crippen MR) is 63.9 cm³/mol. The number of hydrogen-bond acceptors (Lipinski definition) is 4. The van der Waals surface area contributed by atoms with Crippen molar-refractivity contribution in [3.05, 3.63) is 29.3 Å². The molecular weight excluding hydrogens is 343 g/mol. The monoisotopic (exact) mass is 350 g/mol. The molecule has 0 aliphatic carbocycles. The summed E-state index contributed by atoms with van der Waals surface area (Å²) < 4.78 is 85.7. The average molecular weight is 350 g/mol. The van der Waals surface area contributed by atoms with Gasteiger partial charge in [-0.05, 0) is 23.9 Å². The second kappa shape index (κ2) is 6.18. The van der Waals surface area contributed by atoms with Crippen LogP contribution in [0, 0.1) is 11.6 Å². The lowest BCUT2D eigenvalue weighted by molar-refractivity contribution is -0.0326. The van der Waals surface area contributed by atoms with Crippen molar-refractivity contribution >= 4 is 27.6 Å². The summed E-state index contributed by atoms with van der Waals surface area (Å²) in [5, 5.41) is 8.64. The molecule has 21 heavy (non-hydrogen) atoms. The van der Waals surface area contributed by atoms with Crippen LogP contribution in [-0.2, 0) is 9.84 Å². The maximum atomic E-state index is 13.4. The Hall–Kier alpha value is -1.36. The number of benzene rings is 1. The first-order valence-corrected chi connectivity index (χ1v) is 7.73. The molecule has 0 atom stereocenters. The molecule has 0 radical (unpaired) electrons. The van der Waals surface area contributed by atoms with E-state index in [2.05, 4.69) is 0 Å². The van der Waals surface area contributed by atoms with Crippen LogP contribution in [0.5, 0.6) is 0 Å². The smallest absolute Gasteiger partial charge is 0.441 e. The third-order valence-corrected chi connectivity index (χ3v) is 4.90. The van der Waals surface area contributed by atoms with Gasteiger partial charge < -0.3 is 5.11 Å². The Balaban J connectivity index is 3.11. The Kier molecular flexibility index (Phi) is 5.20. The quantitative estimate of drug-likeness (QED) is 0.827. The molecule has 1 rings (SSSR count). The predicted octanol–water partition coefficient (Wildman–Crippen LogP) is 2.69. The van der Waals surface area contributed by atoms with Gasteiger partial charge in [0.05, 0.1) is 11.3 Å². The zero-order valence-corrected chi connectivity index (χ0v) is 11.6. The molecular formula is C10H7F5O4S2. The highest BCUT2D eigenvalue weighted by Gasteiger charge is 2.30. The third kappa shape index (κ3) is 4.84. The third-order valence-electron chi connectivity index (χ3n) is 2.19. The van der Waals surface area contributed by atoms with Crippen molar-refractivity contribution in [3.63, 3.8) is 0 Å². The minimum absolute atomic E-state index is 0.279. The first-order chi connectivity index (χ1) is 9.44. The molecule has 0 aromatic heterocycles. The van der Waals surface area contributed by atoms with E-state index in [0.717, 1.165) is 0 Å². The minimum atomic E-state index is -4.66. The van der Waals surface area contributed by atoms with Crippen LogP contribution in [0.15, 0.2) is 17.0 Å². The van der Waals surface area contributed by atoms with E-state index < -0.39 is 66.7 Å². The number of thioether (sulfide) groups is 1. The fraction of sp³-hybridized carbons (Fsp3) is 0.300. The van der Waals surface area contributed by atoms with E-state index >= 15 is 0 Å². The largest absolute Gasteiger partial charge is 0.478 e. The van der Waals surface area contributed by atoms with E-state index in [1.54, 1.807) is 0 Å². The first kappa shape index (κ1) is 17.7. The summed E-state index contributed by atoms with van der Waals surface area (Å²) in [6, 6.07) is 0.648. The molecule has 118 valence electrons. The number of alkyl halides is 3. The number of halogens is 5. The molecule has 0 unspecified atom stereocenters. The summed E-state index contributed by atoms with van der Waals surface area (Å²) in [5.41, 5.74) is -5.49. The van der Waals surface area contributed by atoms with Crippen molar-refractivity contribution in [2.45, 2.75) is 10.4 Å². The Labute approximate surface area is 119 Å². The second-order valence-electron chi connectivity index (χ2n) is 3.69. The van der Waals surface area contributed by atoms with Crippen LogP contribution in [0.1, 0.15) is 10.4 Å². The van der Waals surface area contributed by atoms with Crippen LogP contribution in [0.3, 0.4) is 0 Å². The van der Waals surface area contributed by atoms with Gasteiger partial charge in [-0.1, -0.05) is 0 Å². The van der Waals surface area contributed by atoms with Crippen LogP contribution in [0.4, 0.5) is 22.0 Å². The van der Waals surface area contributed by atoms with Crippen molar-refractivity contribution in [2.75, 3.05) is 11.5 Å². The summed E-state index contributed by atoms with van der Waals surface area (Å²) >= 11 is -0.636. The van der Waals surface area contributed by atoms with Gasteiger partial charge >= 0.3 is 11.5 Å². The zero-order valence-electron chi connectivity index (χ0n) is 9.95. The Morgan fingerprint density at radius 1 is 1.24 bits per heavy atom. The number of carbonyl (C=O) groups is 1. The minimum Gasteiger partial charge on any atom is -0.478 e. The number of sulfone groups is 1. The molecule has 0 fully saturated rings. The van der Waals surface area contributed by atoms with E-state index in [1.165, 1.54) is 0 Å². The van der Waals surface area contributed by atoms with Crippen molar-refractivity contribution < 1.29 is 40.3 Å². The topological polar surface area (TPSA) is 71.4 Å². The molecule has 0 heterocycles. The lowest BCUT2D eigenvalue weighted by atomic mass is 10.2. The van der Waals surface area contributed by atoms with Gasteiger partial charge in [0.15, 0.2) is 21.5 Å². The van der Waals surface area contributed by atoms with Crippen LogP contribution >= 0.6 is 11.8 Å². The second-order valence-corrected chi connectivity index (χ2v) is 6.93. The standard InChI is InChI=1S/C10H7F5O4S2/c11-6-3-5(9(16)17)4-7(8(6)12)21(18,19)2-1-20-10(13,14)15/h3-4H,1-2H2,(H,16,17). The average Bonchev–Trinajstić information content (AvgIpc) is 2.29. The molecule has 1 aromatic rings. The van der Waals surface area contributed by atoms with Gasteiger partial charge in [-0.3, -0.25) is 0 Å². The Morgan fingerprint density at radius 3 is 2.29 bits per heavy atom. The lowest BCUT2D eigenvalue weighted by Gasteiger charge is -2.09. The van der Waals surface area contributed by atoms with Crippen LogP contribution in [0.25, 0.3) is 0 Å². The molecule has 0 aliphatic heterocycles. The molecule has 1 N–H and O–H groups in total. The van der Waals surface area contributed by atoms with Crippen LogP contribution in [0.2, 0.25) is 0 Å². The van der Waals surface area contributed by atoms with E-state index in [4.69, 9.17) is 5.11 Å². The fourth-order valence-electron chi connectivity index (χ4n) is 1.29. The maximum absolute atomic E-state index is 13.4. The van der Waals surface area contributed by atoms with Crippen molar-refractivity contribution in [1.82, 2.24) is 0 Å². The molecule has 11 heteroatoms. The van der Waals surface area contributed by atoms with Crippen LogP contribution < -0.4 is 0 Å². The Bertz CT molecular complexity index is 654. The van der Waals surface area contributed by atoms with Gasteiger partial charge in [0.25, 0.3) is 0 Å². The normalized spacial score (nSPS) is 12.4. The summed E-state index contributed by atoms with van der Waals surface area (Å²) in [7, 11) is -4.59. The van der Waals surface area contributed by atoms with Crippen molar-refractivity contribution in [1.29, 1.82) is 0 Å². The highest BCUT2D eigenvalue weighted by atomic mass is 32.2. The van der Waals surface area contributed by atoms with Gasteiger partial charge in [-0.2, -0.15) is 13.2 Å². The highest BCUT2D eigenvalue weighted by Crippen LogP contribution is 2.31. The van der Waals surface area contributed by atoms with E-state index in [-0.39, 0.29) is 6.07 Å². The number of carboxylic acids is 1. The van der Waals surface area contributed by atoms with E-state index in [1.807, 2.05) is 0 Å². The van der Waals surface area contributed by atoms with Gasteiger partial charge in [0.2, 0.25) is 0 Å². The van der Waals surface area contributed by atoms with Crippen molar-refractivity contribution in [3.8, 4) is 0 Å². The number of hydrogen-bond donors (Lipinski definition) is 1. The zero-order chi connectivity index (χ0) is 16.4. The fourth-order valence-corrected chi connectivity index (χ4v) is 3.63. The maximum Gasteiger partial charge on any atom is 0.441 e. The first-order valence-electron chi connectivity index (χ1n) is 5.10. The van der Waals surface area contributed by atoms with Gasteiger partial charge in [-0.25, -0.2) is 22.0 Å². The molecule has 0 bridgehead atoms. The van der Waals surface area contributed by atoms with Crippen LogP contribution in [-0.4, -0.2) is 36.5 Å². The molecule has 0 saturated heterocycles.